The third kappa shape index (κ3) is 7.63. The Morgan fingerprint density at radius 2 is 1.55 bits per heavy atom. The average molecular weight is 500 g/mol. The van der Waals surface area contributed by atoms with Gasteiger partial charge < -0.3 is 19.1 Å². The predicted octanol–water partition coefficient (Wildman–Crippen LogP) is 4.18. The molecule has 0 fully saturated rings. The van der Waals surface area contributed by atoms with Crippen LogP contribution in [0.15, 0.2) is 42.5 Å². The molecule has 0 saturated carbocycles. The Morgan fingerprint density at radius 1 is 0.968 bits per heavy atom. The highest BCUT2D eigenvalue weighted by Gasteiger charge is 2.32. The van der Waals surface area contributed by atoms with Crippen LogP contribution in [0.25, 0.3) is 0 Å². The molecule has 2 aromatic rings. The molecule has 31 heavy (non-hydrogen) atoms. The first-order chi connectivity index (χ1) is 14.5. The summed E-state index contributed by atoms with van der Waals surface area (Å²) in [4.78, 5) is 33.4. The maximum atomic E-state index is 13.8. The minimum Gasteiger partial charge on any atom is -0.497 e. The maximum Gasteiger partial charge on any atom is 0.318 e. The molecular weight excluding hydrogens is 480 g/mol. The van der Waals surface area contributed by atoms with Crippen molar-refractivity contribution in [2.45, 2.75) is 25.2 Å². The van der Waals surface area contributed by atoms with E-state index in [4.69, 9.17) is 14.2 Å². The molecule has 1 amide bonds. The SMILES string of the molecule is COc1ccc(CN(CC(F)(F)Br)C(=O)c2cc(OC(C)=O)ccc2OC(C)=O)cc1. The number of esters is 2. The molecule has 7 nitrogen and oxygen atoms in total. The van der Waals surface area contributed by atoms with Gasteiger partial charge in [-0.25, -0.2) is 0 Å². The van der Waals surface area contributed by atoms with E-state index in [2.05, 4.69) is 15.9 Å². The molecule has 166 valence electrons. The van der Waals surface area contributed by atoms with Gasteiger partial charge in [0, 0.05) is 20.4 Å². The van der Waals surface area contributed by atoms with Crippen LogP contribution >= 0.6 is 15.9 Å². The van der Waals surface area contributed by atoms with E-state index in [9.17, 15) is 23.2 Å². The van der Waals surface area contributed by atoms with Crippen molar-refractivity contribution in [2.24, 2.45) is 0 Å². The highest BCUT2D eigenvalue weighted by atomic mass is 79.9. The number of hydrogen-bond acceptors (Lipinski definition) is 6. The Bertz CT molecular complexity index is 959. The van der Waals surface area contributed by atoms with E-state index in [1.807, 2.05) is 0 Å². The lowest BCUT2D eigenvalue weighted by Gasteiger charge is -2.26. The Balaban J connectivity index is 2.45. The highest BCUT2D eigenvalue weighted by Crippen LogP contribution is 2.30. The quantitative estimate of drug-likeness (QED) is 0.308. The van der Waals surface area contributed by atoms with E-state index < -0.39 is 29.2 Å². The number of amides is 1. The van der Waals surface area contributed by atoms with Gasteiger partial charge in [-0.1, -0.05) is 12.1 Å². The van der Waals surface area contributed by atoms with Gasteiger partial charge in [-0.05, 0) is 51.8 Å². The van der Waals surface area contributed by atoms with Crippen molar-refractivity contribution in [1.29, 1.82) is 0 Å². The molecule has 0 aromatic heterocycles. The van der Waals surface area contributed by atoms with Crippen LogP contribution in [0.3, 0.4) is 0 Å². The van der Waals surface area contributed by atoms with Crippen molar-refractivity contribution in [3.63, 3.8) is 0 Å². The van der Waals surface area contributed by atoms with E-state index in [0.29, 0.717) is 11.3 Å². The Morgan fingerprint density at radius 3 is 2.06 bits per heavy atom. The number of nitrogens with zero attached hydrogens (tertiary/aromatic N) is 1. The second-order valence-corrected chi connectivity index (χ2v) is 7.63. The summed E-state index contributed by atoms with van der Waals surface area (Å²) in [6.45, 7) is 1.18. The molecule has 0 aliphatic rings. The fourth-order valence-corrected chi connectivity index (χ4v) is 2.99. The van der Waals surface area contributed by atoms with Gasteiger partial charge in [-0.15, -0.1) is 0 Å². The summed E-state index contributed by atoms with van der Waals surface area (Å²) in [7, 11) is 1.49. The summed E-state index contributed by atoms with van der Waals surface area (Å²) < 4.78 is 42.6. The molecule has 10 heteroatoms. The number of carbonyl (C=O) groups is 3. The van der Waals surface area contributed by atoms with Crippen LogP contribution in [0, 0.1) is 0 Å². The molecule has 2 aromatic carbocycles. The lowest BCUT2D eigenvalue weighted by molar-refractivity contribution is -0.133. The van der Waals surface area contributed by atoms with Crippen molar-refractivity contribution in [3.8, 4) is 17.2 Å². The van der Waals surface area contributed by atoms with Gasteiger partial charge >= 0.3 is 16.8 Å². The first-order valence-corrected chi connectivity index (χ1v) is 9.77. The number of alkyl halides is 3. The monoisotopic (exact) mass is 499 g/mol. The zero-order valence-electron chi connectivity index (χ0n) is 17.0. The van der Waals surface area contributed by atoms with Crippen molar-refractivity contribution >= 4 is 33.8 Å². The van der Waals surface area contributed by atoms with Gasteiger partial charge in [0.25, 0.3) is 5.91 Å². The topological polar surface area (TPSA) is 82.1 Å². The van der Waals surface area contributed by atoms with Crippen molar-refractivity contribution in [1.82, 2.24) is 4.90 Å². The molecular formula is C21H20BrF2NO6. The number of rotatable bonds is 8. The van der Waals surface area contributed by atoms with E-state index >= 15 is 0 Å². The summed E-state index contributed by atoms with van der Waals surface area (Å²) in [5.41, 5.74) is 0.357. The Hall–Kier alpha value is -3.01. The second-order valence-electron chi connectivity index (χ2n) is 6.47. The summed E-state index contributed by atoms with van der Waals surface area (Å²) >= 11 is 2.26. The zero-order valence-corrected chi connectivity index (χ0v) is 18.6. The first-order valence-electron chi connectivity index (χ1n) is 8.98. The summed E-state index contributed by atoms with van der Waals surface area (Å²) in [6.07, 6.45) is 0. The molecule has 0 saturated heterocycles. The molecule has 0 aliphatic carbocycles. The largest absolute Gasteiger partial charge is 0.497 e. The van der Waals surface area contributed by atoms with Gasteiger partial charge in [0.05, 0.1) is 19.2 Å². The van der Waals surface area contributed by atoms with Gasteiger partial charge in [0.15, 0.2) is 0 Å². The number of ether oxygens (including phenoxy) is 3. The summed E-state index contributed by atoms with van der Waals surface area (Å²) in [6, 6.07) is 10.3. The van der Waals surface area contributed by atoms with Crippen LogP contribution in [0.4, 0.5) is 8.78 Å². The standard InChI is InChI=1S/C21H20BrF2NO6/c1-13(26)30-17-8-9-19(31-14(2)27)18(10-17)20(28)25(12-21(22,23)24)11-15-4-6-16(29-3)7-5-15/h4-10H,11-12H2,1-3H3. The number of hydrogen-bond donors (Lipinski definition) is 0. The smallest absolute Gasteiger partial charge is 0.318 e. The number of benzene rings is 2. The van der Waals surface area contributed by atoms with E-state index in [-0.39, 0.29) is 23.6 Å². The van der Waals surface area contributed by atoms with Crippen molar-refractivity contribution in [2.75, 3.05) is 13.7 Å². The fraction of sp³-hybridized carbons (Fsp3) is 0.286. The Labute approximate surface area is 186 Å². The fourth-order valence-electron chi connectivity index (χ4n) is 2.69. The van der Waals surface area contributed by atoms with Crippen molar-refractivity contribution in [3.05, 3.63) is 53.6 Å². The third-order valence-corrected chi connectivity index (χ3v) is 4.14. The molecule has 0 spiro atoms. The average Bonchev–Trinajstić information content (AvgIpc) is 2.67. The van der Waals surface area contributed by atoms with Crippen LogP contribution in [-0.4, -0.2) is 41.2 Å². The molecule has 0 bridgehead atoms. The van der Waals surface area contributed by atoms with Crippen LogP contribution in [0.2, 0.25) is 0 Å². The lowest BCUT2D eigenvalue weighted by Crippen LogP contribution is -2.38. The number of halogens is 3. The molecule has 2 rings (SSSR count). The Kier molecular flexibility index (Phi) is 8.09. The summed E-state index contributed by atoms with van der Waals surface area (Å²) in [5, 5.41) is 0. The van der Waals surface area contributed by atoms with E-state index in [0.717, 1.165) is 17.9 Å². The van der Waals surface area contributed by atoms with Crippen LogP contribution < -0.4 is 14.2 Å². The lowest BCUT2D eigenvalue weighted by atomic mass is 10.1. The minimum atomic E-state index is -3.37. The number of carbonyl (C=O) groups excluding carboxylic acids is 3. The first kappa shape index (κ1) is 24.3. The zero-order chi connectivity index (χ0) is 23.2. The minimum absolute atomic E-state index is 0.00162. The van der Waals surface area contributed by atoms with Gasteiger partial charge in [-0.2, -0.15) is 8.78 Å². The van der Waals surface area contributed by atoms with E-state index in [1.165, 1.54) is 26.2 Å². The highest BCUT2D eigenvalue weighted by molar-refractivity contribution is 9.10. The third-order valence-electron chi connectivity index (χ3n) is 3.89. The summed E-state index contributed by atoms with van der Waals surface area (Å²) in [5.74, 6) is -1.77. The van der Waals surface area contributed by atoms with Crippen LogP contribution in [0.1, 0.15) is 29.8 Å². The molecule has 0 aliphatic heterocycles. The normalized spacial score (nSPS) is 10.9. The van der Waals surface area contributed by atoms with Gasteiger partial charge in [0.2, 0.25) is 0 Å². The second kappa shape index (κ2) is 10.3. The van der Waals surface area contributed by atoms with Crippen LogP contribution in [0.5, 0.6) is 17.2 Å². The number of methoxy groups -OCH3 is 1. The van der Waals surface area contributed by atoms with Gasteiger partial charge in [0.1, 0.15) is 17.2 Å². The molecule has 0 heterocycles. The molecule has 0 radical (unpaired) electrons. The molecule has 0 atom stereocenters. The molecule has 0 N–H and O–H groups in total. The van der Waals surface area contributed by atoms with E-state index in [1.54, 1.807) is 24.3 Å². The van der Waals surface area contributed by atoms with Crippen LogP contribution in [-0.2, 0) is 16.1 Å². The molecule has 0 unspecified atom stereocenters. The predicted molar refractivity (Wildman–Crippen MR) is 111 cm³/mol. The van der Waals surface area contributed by atoms with Crippen molar-refractivity contribution < 1.29 is 37.4 Å². The maximum absolute atomic E-state index is 13.8. The van der Waals surface area contributed by atoms with Gasteiger partial charge in [-0.3, -0.25) is 14.4 Å².